The number of anilines is 1. The quantitative estimate of drug-likeness (QED) is 0.649. The summed E-state index contributed by atoms with van der Waals surface area (Å²) < 4.78 is 1.85. The van der Waals surface area contributed by atoms with E-state index < -0.39 is 0 Å². The summed E-state index contributed by atoms with van der Waals surface area (Å²) in [5.74, 6) is -0.144. The Labute approximate surface area is 162 Å². The van der Waals surface area contributed by atoms with Crippen molar-refractivity contribution in [3.8, 4) is 0 Å². The third kappa shape index (κ3) is 3.92. The van der Waals surface area contributed by atoms with Crippen molar-refractivity contribution in [2.75, 3.05) is 5.32 Å². The molecule has 6 heteroatoms. The molecular formula is C20H19Cl2N3O. The lowest BCUT2D eigenvalue weighted by Gasteiger charge is -2.08. The van der Waals surface area contributed by atoms with Gasteiger partial charge in [-0.15, -0.1) is 0 Å². The molecule has 134 valence electrons. The Morgan fingerprint density at radius 2 is 1.85 bits per heavy atom. The normalized spacial score (nSPS) is 10.8. The second kappa shape index (κ2) is 7.52. The first-order valence-corrected chi connectivity index (χ1v) is 8.96. The standard InChI is InChI=1S/C20H19Cl2N3O/c1-12-5-4-6-16(9-12)20(26)23-19-13(2)24-25(14(19)3)11-15-7-8-17(21)18(22)10-15/h4-10H,11H2,1-3H3,(H,23,26). The molecule has 4 nitrogen and oxygen atoms in total. The second-order valence-corrected chi connectivity index (χ2v) is 7.09. The van der Waals surface area contributed by atoms with Crippen molar-refractivity contribution in [2.45, 2.75) is 27.3 Å². The molecule has 2 aromatic carbocycles. The van der Waals surface area contributed by atoms with E-state index in [-0.39, 0.29) is 5.91 Å². The molecule has 1 aromatic heterocycles. The monoisotopic (exact) mass is 387 g/mol. The molecule has 0 spiro atoms. The zero-order chi connectivity index (χ0) is 18.8. The Balaban J connectivity index is 1.83. The maximum absolute atomic E-state index is 12.5. The highest BCUT2D eigenvalue weighted by Crippen LogP contribution is 2.25. The number of halogens is 2. The average molecular weight is 388 g/mol. The highest BCUT2D eigenvalue weighted by Gasteiger charge is 2.16. The maximum atomic E-state index is 12.5. The molecule has 1 N–H and O–H groups in total. The molecule has 3 rings (SSSR count). The highest BCUT2D eigenvalue weighted by atomic mass is 35.5. The molecule has 26 heavy (non-hydrogen) atoms. The number of hydrogen-bond donors (Lipinski definition) is 1. The van der Waals surface area contributed by atoms with Gasteiger partial charge in [0, 0.05) is 5.56 Å². The Morgan fingerprint density at radius 3 is 2.54 bits per heavy atom. The number of hydrogen-bond acceptors (Lipinski definition) is 2. The zero-order valence-corrected chi connectivity index (χ0v) is 16.3. The van der Waals surface area contributed by atoms with Crippen LogP contribution in [0.3, 0.4) is 0 Å². The van der Waals surface area contributed by atoms with E-state index in [1.54, 1.807) is 12.1 Å². The maximum Gasteiger partial charge on any atom is 0.255 e. The van der Waals surface area contributed by atoms with Crippen LogP contribution in [0, 0.1) is 20.8 Å². The fourth-order valence-corrected chi connectivity index (χ4v) is 3.14. The van der Waals surface area contributed by atoms with E-state index in [1.165, 1.54) is 0 Å². The molecule has 0 atom stereocenters. The van der Waals surface area contributed by atoms with E-state index in [0.717, 1.165) is 28.2 Å². The van der Waals surface area contributed by atoms with Crippen LogP contribution in [0.1, 0.15) is 32.9 Å². The number of rotatable bonds is 4. The summed E-state index contributed by atoms with van der Waals surface area (Å²) in [5, 5.41) is 8.56. The van der Waals surface area contributed by atoms with Gasteiger partial charge in [-0.25, -0.2) is 0 Å². The van der Waals surface area contributed by atoms with Gasteiger partial charge in [-0.05, 0) is 50.6 Å². The molecule has 0 bridgehead atoms. The lowest BCUT2D eigenvalue weighted by Crippen LogP contribution is -2.13. The van der Waals surface area contributed by atoms with Gasteiger partial charge >= 0.3 is 0 Å². The SMILES string of the molecule is Cc1cccc(C(=O)Nc2c(C)nn(Cc3ccc(Cl)c(Cl)c3)c2C)c1. The van der Waals surface area contributed by atoms with E-state index in [4.69, 9.17) is 23.2 Å². The third-order valence-corrected chi connectivity index (χ3v) is 4.96. The van der Waals surface area contributed by atoms with Crippen LogP contribution in [0.15, 0.2) is 42.5 Å². The van der Waals surface area contributed by atoms with Crippen LogP contribution >= 0.6 is 23.2 Å². The van der Waals surface area contributed by atoms with E-state index in [9.17, 15) is 4.79 Å². The molecule has 0 aliphatic heterocycles. The molecule has 0 saturated carbocycles. The van der Waals surface area contributed by atoms with Crippen molar-refractivity contribution in [2.24, 2.45) is 0 Å². The predicted molar refractivity (Wildman–Crippen MR) is 106 cm³/mol. The van der Waals surface area contributed by atoms with Crippen molar-refractivity contribution in [1.29, 1.82) is 0 Å². The zero-order valence-electron chi connectivity index (χ0n) is 14.8. The van der Waals surface area contributed by atoms with Gasteiger partial charge in [-0.3, -0.25) is 9.48 Å². The van der Waals surface area contributed by atoms with Gasteiger partial charge < -0.3 is 5.32 Å². The van der Waals surface area contributed by atoms with Crippen molar-refractivity contribution in [1.82, 2.24) is 9.78 Å². The summed E-state index contributed by atoms with van der Waals surface area (Å²) in [6, 6.07) is 13.0. The molecule has 0 aliphatic carbocycles. The number of aryl methyl sites for hydroxylation is 2. The summed E-state index contributed by atoms with van der Waals surface area (Å²) in [7, 11) is 0. The van der Waals surface area contributed by atoms with Crippen LogP contribution in [0.4, 0.5) is 5.69 Å². The first-order chi connectivity index (χ1) is 12.3. The largest absolute Gasteiger partial charge is 0.319 e. The fourth-order valence-electron chi connectivity index (χ4n) is 2.81. The molecule has 0 unspecified atom stereocenters. The van der Waals surface area contributed by atoms with Crippen molar-refractivity contribution < 1.29 is 4.79 Å². The number of benzene rings is 2. The smallest absolute Gasteiger partial charge is 0.255 e. The Bertz CT molecular complexity index is 979. The molecule has 0 aliphatic rings. The third-order valence-electron chi connectivity index (χ3n) is 4.22. The Morgan fingerprint density at radius 1 is 1.08 bits per heavy atom. The van der Waals surface area contributed by atoms with Gasteiger partial charge in [-0.1, -0.05) is 47.0 Å². The molecule has 0 saturated heterocycles. The van der Waals surface area contributed by atoms with E-state index in [1.807, 2.05) is 55.8 Å². The van der Waals surface area contributed by atoms with E-state index in [2.05, 4.69) is 10.4 Å². The average Bonchev–Trinajstić information content (AvgIpc) is 2.85. The molecule has 0 radical (unpaired) electrons. The highest BCUT2D eigenvalue weighted by molar-refractivity contribution is 6.42. The van der Waals surface area contributed by atoms with E-state index >= 15 is 0 Å². The lowest BCUT2D eigenvalue weighted by molar-refractivity contribution is 0.102. The fraction of sp³-hybridized carbons (Fsp3) is 0.200. The van der Waals surface area contributed by atoms with Gasteiger partial charge in [0.25, 0.3) is 5.91 Å². The summed E-state index contributed by atoms with van der Waals surface area (Å²) in [6.07, 6.45) is 0. The Kier molecular flexibility index (Phi) is 5.35. The summed E-state index contributed by atoms with van der Waals surface area (Å²) >= 11 is 12.1. The minimum Gasteiger partial charge on any atom is -0.319 e. The number of carbonyl (C=O) groups excluding carboxylic acids is 1. The Hall–Kier alpha value is -2.30. The van der Waals surface area contributed by atoms with E-state index in [0.29, 0.717) is 22.2 Å². The number of carbonyl (C=O) groups is 1. The number of aromatic nitrogens is 2. The minimum atomic E-state index is -0.144. The van der Waals surface area contributed by atoms with Gasteiger partial charge in [0.15, 0.2) is 0 Å². The van der Waals surface area contributed by atoms with Crippen LogP contribution in [0.2, 0.25) is 10.0 Å². The topological polar surface area (TPSA) is 46.9 Å². The van der Waals surface area contributed by atoms with Crippen molar-refractivity contribution >= 4 is 34.8 Å². The van der Waals surface area contributed by atoms with Crippen LogP contribution < -0.4 is 5.32 Å². The van der Waals surface area contributed by atoms with Gasteiger partial charge in [-0.2, -0.15) is 5.10 Å². The summed E-state index contributed by atoms with van der Waals surface area (Å²) in [4.78, 5) is 12.5. The molecule has 3 aromatic rings. The second-order valence-electron chi connectivity index (χ2n) is 6.28. The van der Waals surface area contributed by atoms with Crippen LogP contribution in [0.25, 0.3) is 0 Å². The van der Waals surface area contributed by atoms with Gasteiger partial charge in [0.1, 0.15) is 0 Å². The van der Waals surface area contributed by atoms with Crippen LogP contribution in [0.5, 0.6) is 0 Å². The van der Waals surface area contributed by atoms with Crippen molar-refractivity contribution in [3.63, 3.8) is 0 Å². The molecule has 0 fully saturated rings. The minimum absolute atomic E-state index is 0.144. The van der Waals surface area contributed by atoms with Gasteiger partial charge in [0.2, 0.25) is 0 Å². The first kappa shape index (κ1) is 18.5. The number of nitrogens with one attached hydrogen (secondary N) is 1. The summed E-state index contributed by atoms with van der Waals surface area (Å²) in [5.41, 5.74) is 5.04. The predicted octanol–water partition coefficient (Wildman–Crippen LogP) is 5.42. The molecular weight excluding hydrogens is 369 g/mol. The molecule has 1 heterocycles. The van der Waals surface area contributed by atoms with Gasteiger partial charge in [0.05, 0.1) is 33.7 Å². The van der Waals surface area contributed by atoms with Crippen LogP contribution in [-0.4, -0.2) is 15.7 Å². The van der Waals surface area contributed by atoms with Crippen LogP contribution in [-0.2, 0) is 6.54 Å². The summed E-state index contributed by atoms with van der Waals surface area (Å²) in [6.45, 7) is 6.32. The number of nitrogens with zero attached hydrogens (tertiary/aromatic N) is 2. The van der Waals surface area contributed by atoms with Crippen molar-refractivity contribution in [3.05, 3.63) is 80.6 Å². The first-order valence-electron chi connectivity index (χ1n) is 8.21. The number of amides is 1. The molecule has 1 amide bonds. The lowest BCUT2D eigenvalue weighted by atomic mass is 10.1.